The van der Waals surface area contributed by atoms with Crippen molar-refractivity contribution in [1.82, 2.24) is 15.3 Å². The summed E-state index contributed by atoms with van der Waals surface area (Å²) in [5.41, 5.74) is 1.24. The molecule has 10 heteroatoms. The van der Waals surface area contributed by atoms with Gasteiger partial charge in [0.2, 0.25) is 5.91 Å². The average Bonchev–Trinajstić information content (AvgIpc) is 2.83. The summed E-state index contributed by atoms with van der Waals surface area (Å²) in [5, 5.41) is 11.3. The van der Waals surface area contributed by atoms with E-state index >= 15 is 0 Å². The second kappa shape index (κ2) is 9.16. The van der Waals surface area contributed by atoms with E-state index in [2.05, 4.69) is 15.2 Å². The number of phenols is 1. The molecule has 178 valence electrons. The smallest absolute Gasteiger partial charge is 0.396 e. The molecule has 1 fully saturated rings. The number of carbonyl (C=O) groups excluding carboxylic acids is 1. The van der Waals surface area contributed by atoms with E-state index in [4.69, 9.17) is 4.98 Å². The van der Waals surface area contributed by atoms with Gasteiger partial charge in [-0.15, -0.1) is 0 Å². The first kappa shape index (κ1) is 23.8. The molecule has 0 bridgehead atoms. The number of aromatic nitrogens is 2. The van der Waals surface area contributed by atoms with Crippen LogP contribution in [0.4, 0.5) is 19.0 Å². The van der Waals surface area contributed by atoms with Gasteiger partial charge in [0.05, 0.1) is 11.1 Å². The molecule has 0 aliphatic carbocycles. The normalized spacial score (nSPS) is 16.8. The van der Waals surface area contributed by atoms with E-state index in [0.717, 1.165) is 17.8 Å². The number of halogens is 3. The number of aromatic hydroxyl groups is 1. The van der Waals surface area contributed by atoms with Crippen molar-refractivity contribution in [2.45, 2.75) is 44.1 Å². The molecule has 6 nitrogen and oxygen atoms in total. The minimum Gasteiger partial charge on any atom is -0.507 e. The van der Waals surface area contributed by atoms with Crippen molar-refractivity contribution in [3.63, 3.8) is 0 Å². The Morgan fingerprint density at radius 1 is 1.09 bits per heavy atom. The zero-order valence-electron chi connectivity index (χ0n) is 19.1. The monoisotopic (exact) mass is 470 g/mol. The van der Waals surface area contributed by atoms with Crippen molar-refractivity contribution in [3.8, 4) is 17.1 Å². The van der Waals surface area contributed by atoms with Crippen LogP contribution in [-0.2, 0) is 4.79 Å². The van der Waals surface area contributed by atoms with Crippen LogP contribution in [0.15, 0.2) is 48.5 Å². The van der Waals surface area contributed by atoms with E-state index in [1.807, 2.05) is 24.3 Å². The lowest BCUT2D eigenvalue weighted by atomic mass is 9.53. The van der Waals surface area contributed by atoms with Gasteiger partial charge in [0, 0.05) is 24.5 Å². The van der Waals surface area contributed by atoms with Gasteiger partial charge in [-0.1, -0.05) is 31.1 Å². The van der Waals surface area contributed by atoms with E-state index in [-0.39, 0.29) is 19.1 Å². The predicted molar refractivity (Wildman–Crippen MR) is 127 cm³/mol. The van der Waals surface area contributed by atoms with Crippen molar-refractivity contribution < 1.29 is 23.1 Å². The number of carbonyl (C=O) groups is 1. The fourth-order valence-corrected chi connectivity index (χ4v) is 4.15. The van der Waals surface area contributed by atoms with E-state index < -0.39 is 17.4 Å². The van der Waals surface area contributed by atoms with Gasteiger partial charge in [-0.2, -0.15) is 13.2 Å². The largest absolute Gasteiger partial charge is 0.507 e. The lowest BCUT2D eigenvalue weighted by Gasteiger charge is -2.36. The zero-order valence-corrected chi connectivity index (χ0v) is 19.1. The van der Waals surface area contributed by atoms with Gasteiger partial charge in [0.15, 0.2) is 5.82 Å². The van der Waals surface area contributed by atoms with Crippen LogP contribution in [0.5, 0.6) is 5.75 Å². The highest BCUT2D eigenvalue weighted by molar-refractivity contribution is 6.46. The number of fused-ring (bicyclic) bond motifs is 1. The van der Waals surface area contributed by atoms with Crippen LogP contribution in [0.1, 0.15) is 19.8 Å². The summed E-state index contributed by atoms with van der Waals surface area (Å²) in [6.45, 7) is 3.35. The van der Waals surface area contributed by atoms with Crippen molar-refractivity contribution in [1.29, 1.82) is 0 Å². The number of nitrogens with zero attached hydrogens (tertiary/aromatic N) is 3. The third kappa shape index (κ3) is 4.41. The molecule has 1 unspecified atom stereocenters. The number of piperidine rings is 1. The summed E-state index contributed by atoms with van der Waals surface area (Å²) in [5.74, 6) is 0.192. The fraction of sp³-hybridized carbons (Fsp3) is 0.375. The summed E-state index contributed by atoms with van der Waals surface area (Å²) in [6.07, 6.45) is -3.62. The lowest BCUT2D eigenvalue weighted by molar-refractivity contribution is -0.173. The van der Waals surface area contributed by atoms with Crippen LogP contribution in [-0.4, -0.2) is 53.6 Å². The molecule has 1 saturated heterocycles. The molecular formula is C24H26BF3N4O2. The minimum absolute atomic E-state index is 0.0776. The minimum atomic E-state index is -4.61. The van der Waals surface area contributed by atoms with E-state index in [0.29, 0.717) is 43.1 Å². The number of para-hydroxylation sites is 2. The standard InChI is InChI=1S/C24H26BF3N4O2/c1-23(25-2,24(26,27)28)22(34)29-15-11-13-32(14-12-15)21-16-7-3-5-9-18(16)30-20(31-21)17-8-4-6-10-19(17)33/h3-10,15,25,33H,11-14H2,1-2H3,(H,29,34). The number of hydrogen-bond acceptors (Lipinski definition) is 5. The Morgan fingerprint density at radius 2 is 1.74 bits per heavy atom. The number of nitrogens with one attached hydrogen (secondary N) is 1. The van der Waals surface area contributed by atoms with Gasteiger partial charge < -0.3 is 15.3 Å². The average molecular weight is 470 g/mol. The molecule has 2 heterocycles. The molecule has 1 aliphatic heterocycles. The first-order valence-corrected chi connectivity index (χ1v) is 11.3. The highest BCUT2D eigenvalue weighted by Gasteiger charge is 2.55. The highest BCUT2D eigenvalue weighted by atomic mass is 19.4. The van der Waals surface area contributed by atoms with Gasteiger partial charge in [-0.25, -0.2) is 9.97 Å². The van der Waals surface area contributed by atoms with Gasteiger partial charge in [0.25, 0.3) is 0 Å². The van der Waals surface area contributed by atoms with Gasteiger partial charge in [0.1, 0.15) is 24.2 Å². The second-order valence-corrected chi connectivity index (χ2v) is 8.82. The number of anilines is 1. The third-order valence-electron chi connectivity index (χ3n) is 6.69. The molecular weight excluding hydrogens is 444 g/mol. The van der Waals surface area contributed by atoms with Crippen LogP contribution in [0.25, 0.3) is 22.3 Å². The predicted octanol–water partition coefficient (Wildman–Crippen LogP) is 4.31. The Hall–Kier alpha value is -3.30. The Balaban J connectivity index is 1.56. The van der Waals surface area contributed by atoms with Crippen molar-refractivity contribution in [3.05, 3.63) is 48.5 Å². The summed E-state index contributed by atoms with van der Waals surface area (Å²) in [6, 6.07) is 14.1. The van der Waals surface area contributed by atoms with Crippen molar-refractivity contribution >= 4 is 29.9 Å². The Kier molecular flexibility index (Phi) is 6.42. The maximum absolute atomic E-state index is 13.4. The molecule has 0 spiro atoms. The van der Waals surface area contributed by atoms with Gasteiger partial charge >= 0.3 is 6.18 Å². The van der Waals surface area contributed by atoms with Crippen LogP contribution in [0.3, 0.4) is 0 Å². The third-order valence-corrected chi connectivity index (χ3v) is 6.69. The Labute approximate surface area is 196 Å². The van der Waals surface area contributed by atoms with E-state index in [1.165, 1.54) is 6.82 Å². The number of amides is 1. The Bertz CT molecular complexity index is 1200. The number of rotatable bonds is 5. The Morgan fingerprint density at radius 3 is 2.38 bits per heavy atom. The molecule has 1 atom stereocenters. The maximum Gasteiger partial charge on any atom is 0.396 e. The van der Waals surface area contributed by atoms with Crippen LogP contribution in [0, 0.1) is 0 Å². The van der Waals surface area contributed by atoms with Crippen LogP contribution >= 0.6 is 0 Å². The molecule has 34 heavy (non-hydrogen) atoms. The molecule has 2 aromatic carbocycles. The van der Waals surface area contributed by atoms with E-state index in [9.17, 15) is 23.1 Å². The second-order valence-electron chi connectivity index (χ2n) is 8.82. The first-order valence-electron chi connectivity index (χ1n) is 11.3. The summed E-state index contributed by atoms with van der Waals surface area (Å²) in [7, 11) is -0.316. The zero-order chi connectivity index (χ0) is 24.5. The summed E-state index contributed by atoms with van der Waals surface area (Å²) >= 11 is 0. The van der Waals surface area contributed by atoms with Gasteiger partial charge in [-0.3, -0.25) is 4.79 Å². The van der Waals surface area contributed by atoms with Crippen LogP contribution < -0.4 is 10.2 Å². The molecule has 1 aliphatic rings. The highest BCUT2D eigenvalue weighted by Crippen LogP contribution is 2.44. The molecule has 0 saturated carbocycles. The molecule has 0 radical (unpaired) electrons. The number of hydrogen-bond donors (Lipinski definition) is 2. The number of benzene rings is 2. The SMILES string of the molecule is CBC(C)(C(=O)NC1CCN(c2nc(-c3ccccc3O)nc3ccccc23)CC1)C(F)(F)F. The topological polar surface area (TPSA) is 78.4 Å². The quantitative estimate of drug-likeness (QED) is 0.544. The maximum atomic E-state index is 13.4. The number of alkyl halides is 3. The van der Waals surface area contributed by atoms with Crippen molar-refractivity contribution in [2.24, 2.45) is 0 Å². The number of phenolic OH excluding ortho intramolecular Hbond substituents is 1. The molecule has 4 rings (SSSR count). The van der Waals surface area contributed by atoms with E-state index in [1.54, 1.807) is 24.3 Å². The fourth-order valence-electron chi connectivity index (χ4n) is 4.15. The molecule has 3 aromatic rings. The first-order chi connectivity index (χ1) is 16.1. The van der Waals surface area contributed by atoms with Crippen LogP contribution in [0.2, 0.25) is 12.1 Å². The molecule has 1 amide bonds. The molecule has 1 aromatic heterocycles. The van der Waals surface area contributed by atoms with Crippen molar-refractivity contribution in [2.75, 3.05) is 18.0 Å². The summed E-state index contributed by atoms with van der Waals surface area (Å²) in [4.78, 5) is 23.9. The molecule has 2 N–H and O–H groups in total. The summed E-state index contributed by atoms with van der Waals surface area (Å²) < 4.78 is 40.3. The lowest BCUT2D eigenvalue weighted by Crippen LogP contribution is -2.52. The van der Waals surface area contributed by atoms with Gasteiger partial charge in [-0.05, 0) is 44.0 Å².